The number of amides is 1. The molecule has 1 rings (SSSR count). The van der Waals surface area contributed by atoms with Crippen molar-refractivity contribution >= 4 is 17.5 Å². The highest BCUT2D eigenvalue weighted by Gasteiger charge is 2.34. The third-order valence-corrected chi connectivity index (χ3v) is 2.43. The molecule has 0 aliphatic rings. The molecule has 0 heterocycles. The van der Waals surface area contributed by atoms with Crippen LogP contribution in [0.2, 0.25) is 5.02 Å². The molecular formula is C12H13ClF3NO2. The van der Waals surface area contributed by atoms with Crippen molar-refractivity contribution < 1.29 is 22.7 Å². The number of rotatable bonds is 4. The normalized spacial score (nSPS) is 12.1. The van der Waals surface area contributed by atoms with Crippen LogP contribution in [0.15, 0.2) is 24.3 Å². The summed E-state index contributed by atoms with van der Waals surface area (Å²) in [6.07, 6.45) is -4.45. The second-order valence-electron chi connectivity index (χ2n) is 4.36. The Bertz CT molecular complexity index is 443. The number of halogens is 4. The van der Waals surface area contributed by atoms with Gasteiger partial charge in [0.05, 0.1) is 0 Å². The molecule has 0 unspecified atom stereocenters. The van der Waals surface area contributed by atoms with Gasteiger partial charge < -0.3 is 10.1 Å². The fourth-order valence-electron chi connectivity index (χ4n) is 1.24. The summed E-state index contributed by atoms with van der Waals surface area (Å²) in [6.45, 7) is 1.37. The molecule has 0 radical (unpaired) electrons. The van der Waals surface area contributed by atoms with Gasteiger partial charge in [-0.05, 0) is 38.1 Å². The van der Waals surface area contributed by atoms with Crippen LogP contribution in [0, 0.1) is 0 Å². The van der Waals surface area contributed by atoms with Crippen molar-refractivity contribution in [3.05, 3.63) is 29.3 Å². The minimum atomic E-state index is -4.45. The highest BCUT2D eigenvalue weighted by atomic mass is 35.5. The molecule has 0 bridgehead atoms. The molecule has 0 aromatic heterocycles. The van der Waals surface area contributed by atoms with E-state index in [-0.39, 0.29) is 0 Å². The lowest BCUT2D eigenvalue weighted by Crippen LogP contribution is -2.49. The summed E-state index contributed by atoms with van der Waals surface area (Å²) in [7, 11) is 0. The Kier molecular flexibility index (Phi) is 4.68. The molecule has 1 aromatic rings. The average molecular weight is 296 g/mol. The molecule has 19 heavy (non-hydrogen) atoms. The first-order valence-electron chi connectivity index (χ1n) is 5.40. The zero-order chi connectivity index (χ0) is 14.7. The minimum Gasteiger partial charge on any atom is -0.478 e. The van der Waals surface area contributed by atoms with E-state index in [9.17, 15) is 18.0 Å². The minimum absolute atomic E-state index is 0.344. The second kappa shape index (κ2) is 5.69. The van der Waals surface area contributed by atoms with Crippen molar-refractivity contribution in [1.29, 1.82) is 0 Å². The molecule has 0 atom stereocenters. The maximum Gasteiger partial charge on any atom is 0.405 e. The van der Waals surface area contributed by atoms with E-state index in [0.29, 0.717) is 10.8 Å². The van der Waals surface area contributed by atoms with Crippen LogP contribution in [0.1, 0.15) is 13.8 Å². The number of nitrogens with one attached hydrogen (secondary N) is 1. The van der Waals surface area contributed by atoms with Gasteiger partial charge in [0.25, 0.3) is 5.91 Å². The molecule has 0 aliphatic heterocycles. The van der Waals surface area contributed by atoms with Gasteiger partial charge in [0.2, 0.25) is 0 Å². The van der Waals surface area contributed by atoms with Gasteiger partial charge in [-0.1, -0.05) is 11.6 Å². The van der Waals surface area contributed by atoms with E-state index in [1.807, 2.05) is 0 Å². The summed E-state index contributed by atoms with van der Waals surface area (Å²) in [4.78, 5) is 11.6. The highest BCUT2D eigenvalue weighted by Crippen LogP contribution is 2.21. The van der Waals surface area contributed by atoms with Gasteiger partial charge in [-0.15, -0.1) is 0 Å². The summed E-state index contributed by atoms with van der Waals surface area (Å²) in [6, 6.07) is 6.17. The first-order valence-corrected chi connectivity index (χ1v) is 5.77. The van der Waals surface area contributed by atoms with Crippen LogP contribution in [0.4, 0.5) is 13.2 Å². The number of carbonyl (C=O) groups is 1. The number of hydrogen-bond donors (Lipinski definition) is 1. The lowest BCUT2D eigenvalue weighted by Gasteiger charge is -2.25. The monoisotopic (exact) mass is 295 g/mol. The van der Waals surface area contributed by atoms with E-state index in [0.717, 1.165) is 0 Å². The molecule has 7 heteroatoms. The first-order chi connectivity index (χ1) is 8.60. The van der Waals surface area contributed by atoms with Crippen molar-refractivity contribution in [1.82, 2.24) is 5.32 Å². The van der Waals surface area contributed by atoms with Gasteiger partial charge in [0.1, 0.15) is 12.3 Å². The van der Waals surface area contributed by atoms with Crippen molar-refractivity contribution in [3.8, 4) is 5.75 Å². The third-order valence-electron chi connectivity index (χ3n) is 2.18. The van der Waals surface area contributed by atoms with Crippen molar-refractivity contribution in [3.63, 3.8) is 0 Å². The molecule has 0 saturated carbocycles. The van der Waals surface area contributed by atoms with Crippen molar-refractivity contribution in [2.24, 2.45) is 0 Å². The average Bonchev–Trinajstić information content (AvgIpc) is 2.27. The number of hydrogen-bond acceptors (Lipinski definition) is 2. The first kappa shape index (κ1) is 15.6. The van der Waals surface area contributed by atoms with Gasteiger partial charge in [-0.2, -0.15) is 13.2 Å². The summed E-state index contributed by atoms with van der Waals surface area (Å²) < 4.78 is 41.4. The van der Waals surface area contributed by atoms with Gasteiger partial charge in [0, 0.05) is 5.02 Å². The maximum absolute atomic E-state index is 12.0. The second-order valence-corrected chi connectivity index (χ2v) is 4.80. The van der Waals surface area contributed by atoms with E-state index in [4.69, 9.17) is 16.3 Å². The summed E-state index contributed by atoms with van der Waals surface area (Å²) in [5.74, 6) is -0.503. The van der Waals surface area contributed by atoms with Gasteiger partial charge in [-0.25, -0.2) is 0 Å². The van der Waals surface area contributed by atoms with Crippen LogP contribution in [-0.2, 0) is 4.79 Å². The molecule has 0 spiro atoms. The summed E-state index contributed by atoms with van der Waals surface area (Å²) >= 11 is 5.69. The molecule has 0 saturated heterocycles. The van der Waals surface area contributed by atoms with E-state index < -0.39 is 24.2 Å². The largest absolute Gasteiger partial charge is 0.478 e. The zero-order valence-electron chi connectivity index (χ0n) is 10.3. The molecule has 1 amide bonds. The molecule has 1 N–H and O–H groups in total. The van der Waals surface area contributed by atoms with Crippen LogP contribution in [0.3, 0.4) is 0 Å². The summed E-state index contributed by atoms with van der Waals surface area (Å²) in [5, 5.41) is 2.27. The lowest BCUT2D eigenvalue weighted by atomic mass is 10.1. The standard InChI is InChI=1S/C12H13ClF3NO2/c1-11(2,10(18)17-7-12(14,15)16)19-9-5-3-8(13)4-6-9/h3-6H,7H2,1-2H3,(H,17,18). The third kappa shape index (κ3) is 5.38. The highest BCUT2D eigenvalue weighted by molar-refractivity contribution is 6.30. The predicted molar refractivity (Wildman–Crippen MR) is 65.2 cm³/mol. The number of carbonyl (C=O) groups excluding carboxylic acids is 1. The Hall–Kier alpha value is -1.43. The maximum atomic E-state index is 12.0. The fourth-order valence-corrected chi connectivity index (χ4v) is 1.36. The van der Waals surface area contributed by atoms with Gasteiger partial charge in [-0.3, -0.25) is 4.79 Å². The molecule has 0 fully saturated rings. The van der Waals surface area contributed by atoms with Crippen molar-refractivity contribution in [2.45, 2.75) is 25.6 Å². The lowest BCUT2D eigenvalue weighted by molar-refractivity contribution is -0.146. The topological polar surface area (TPSA) is 38.3 Å². The molecular weight excluding hydrogens is 283 g/mol. The number of benzene rings is 1. The Morgan fingerprint density at radius 1 is 1.26 bits per heavy atom. The number of ether oxygens (including phenoxy) is 1. The Morgan fingerprint density at radius 3 is 2.26 bits per heavy atom. The fraction of sp³-hybridized carbons (Fsp3) is 0.417. The van der Waals surface area contributed by atoms with E-state index in [2.05, 4.69) is 0 Å². The smallest absolute Gasteiger partial charge is 0.405 e. The van der Waals surface area contributed by atoms with Crippen LogP contribution in [0.5, 0.6) is 5.75 Å². The molecule has 1 aromatic carbocycles. The van der Waals surface area contributed by atoms with Crippen LogP contribution in [-0.4, -0.2) is 24.2 Å². The van der Waals surface area contributed by atoms with Crippen molar-refractivity contribution in [2.75, 3.05) is 6.54 Å². The molecule has 3 nitrogen and oxygen atoms in total. The van der Waals surface area contributed by atoms with Gasteiger partial charge >= 0.3 is 6.18 Å². The van der Waals surface area contributed by atoms with E-state index in [1.54, 1.807) is 17.4 Å². The SMILES string of the molecule is CC(C)(Oc1ccc(Cl)cc1)C(=O)NCC(F)(F)F. The Morgan fingerprint density at radius 2 is 1.79 bits per heavy atom. The van der Waals surface area contributed by atoms with E-state index >= 15 is 0 Å². The summed E-state index contributed by atoms with van der Waals surface area (Å²) in [5.41, 5.74) is -1.42. The Labute approximate surface area is 113 Å². The van der Waals surface area contributed by atoms with Gasteiger partial charge in [0.15, 0.2) is 5.60 Å². The van der Waals surface area contributed by atoms with E-state index in [1.165, 1.54) is 26.0 Å². The van der Waals surface area contributed by atoms with Crippen LogP contribution in [0.25, 0.3) is 0 Å². The quantitative estimate of drug-likeness (QED) is 0.926. The predicted octanol–water partition coefficient (Wildman–Crippen LogP) is 3.18. The Balaban J connectivity index is 2.64. The molecule has 106 valence electrons. The number of alkyl halides is 3. The van der Waals surface area contributed by atoms with Crippen LogP contribution < -0.4 is 10.1 Å². The van der Waals surface area contributed by atoms with Crippen LogP contribution >= 0.6 is 11.6 Å². The zero-order valence-corrected chi connectivity index (χ0v) is 11.1. The molecule has 0 aliphatic carbocycles.